The molecule has 23 heavy (non-hydrogen) atoms. The smallest absolute Gasteiger partial charge is 0.408 e. The third-order valence-corrected chi connectivity index (χ3v) is 2.62. The van der Waals surface area contributed by atoms with Crippen molar-refractivity contribution in [1.29, 1.82) is 0 Å². The molecule has 0 aliphatic heterocycles. The van der Waals surface area contributed by atoms with Crippen LogP contribution in [-0.2, 0) is 19.1 Å². The van der Waals surface area contributed by atoms with Crippen molar-refractivity contribution in [3.8, 4) is 0 Å². The quantitative estimate of drug-likeness (QED) is 0.569. The number of carbonyl (C=O) groups is 3. The van der Waals surface area contributed by atoms with Gasteiger partial charge in [0.25, 0.3) is 0 Å². The fraction of sp³-hybridized carbons (Fsp3) is 0.688. The fourth-order valence-electron chi connectivity index (χ4n) is 1.56. The van der Waals surface area contributed by atoms with E-state index in [-0.39, 0.29) is 18.9 Å². The summed E-state index contributed by atoms with van der Waals surface area (Å²) in [6.07, 6.45) is 2.73. The van der Waals surface area contributed by atoms with Gasteiger partial charge in [0.15, 0.2) is 0 Å². The third kappa shape index (κ3) is 11.2. The molecule has 1 N–H and O–H groups in total. The molecule has 0 fully saturated rings. The van der Waals surface area contributed by atoms with Crippen molar-refractivity contribution in [3.05, 3.63) is 12.2 Å². The number of rotatable bonds is 7. The Bertz CT molecular complexity index is 438. The van der Waals surface area contributed by atoms with Crippen LogP contribution in [0.5, 0.6) is 0 Å². The molecule has 0 saturated carbocycles. The maximum atomic E-state index is 11.8. The van der Waals surface area contributed by atoms with E-state index in [0.717, 1.165) is 0 Å². The van der Waals surface area contributed by atoms with Crippen LogP contribution in [0.1, 0.15) is 40.5 Å². The van der Waals surface area contributed by atoms with E-state index in [1.165, 1.54) is 17.1 Å². The molecule has 7 heteroatoms. The van der Waals surface area contributed by atoms with Crippen LogP contribution in [0.4, 0.5) is 4.79 Å². The van der Waals surface area contributed by atoms with E-state index < -0.39 is 23.7 Å². The number of hydrogen-bond donors (Lipinski definition) is 1. The van der Waals surface area contributed by atoms with Gasteiger partial charge in [-0.3, -0.25) is 4.79 Å². The van der Waals surface area contributed by atoms with Crippen molar-refractivity contribution < 1.29 is 23.9 Å². The molecule has 0 unspecified atom stereocenters. The van der Waals surface area contributed by atoms with Crippen molar-refractivity contribution in [3.63, 3.8) is 0 Å². The molecule has 132 valence electrons. The number of carbonyl (C=O) groups excluding carboxylic acids is 3. The minimum absolute atomic E-state index is 0.0643. The predicted octanol–water partition coefficient (Wildman–Crippen LogP) is 1.87. The third-order valence-electron chi connectivity index (χ3n) is 2.62. The molecule has 0 aromatic heterocycles. The lowest BCUT2D eigenvalue weighted by atomic mass is 10.1. The van der Waals surface area contributed by atoms with Crippen LogP contribution in [0.15, 0.2) is 12.2 Å². The van der Waals surface area contributed by atoms with Gasteiger partial charge >= 0.3 is 12.1 Å². The van der Waals surface area contributed by atoms with Crippen LogP contribution < -0.4 is 5.32 Å². The van der Waals surface area contributed by atoms with E-state index in [1.54, 1.807) is 41.8 Å². The van der Waals surface area contributed by atoms with Crippen LogP contribution in [0.2, 0.25) is 0 Å². The zero-order valence-corrected chi connectivity index (χ0v) is 14.8. The van der Waals surface area contributed by atoms with Gasteiger partial charge in [0.1, 0.15) is 5.60 Å². The van der Waals surface area contributed by atoms with Crippen LogP contribution in [0.3, 0.4) is 0 Å². The number of nitrogens with zero attached hydrogens (tertiary/aromatic N) is 1. The number of hydrogen-bond acceptors (Lipinski definition) is 5. The lowest BCUT2D eigenvalue weighted by Crippen LogP contribution is -2.39. The molecule has 0 rings (SSSR count). The second-order valence-electron chi connectivity index (χ2n) is 6.19. The highest BCUT2D eigenvalue weighted by molar-refractivity contribution is 5.82. The number of esters is 1. The average Bonchev–Trinajstić information content (AvgIpc) is 2.39. The highest BCUT2D eigenvalue weighted by atomic mass is 16.6. The Hall–Kier alpha value is -2.05. The van der Waals surface area contributed by atoms with Gasteiger partial charge in [0.05, 0.1) is 12.6 Å². The Morgan fingerprint density at radius 1 is 1.22 bits per heavy atom. The molecule has 0 aromatic carbocycles. The zero-order chi connectivity index (χ0) is 18.0. The molecule has 0 bridgehead atoms. The van der Waals surface area contributed by atoms with Gasteiger partial charge in [-0.1, -0.05) is 6.08 Å². The number of alkyl carbamates (subject to hydrolysis) is 1. The summed E-state index contributed by atoms with van der Waals surface area (Å²) in [5.41, 5.74) is -0.626. The number of amides is 2. The van der Waals surface area contributed by atoms with E-state index in [9.17, 15) is 14.4 Å². The Morgan fingerprint density at radius 3 is 2.30 bits per heavy atom. The Balaban J connectivity index is 4.75. The number of ether oxygens (including phenoxy) is 2. The molecular formula is C16H28N2O5. The predicted molar refractivity (Wildman–Crippen MR) is 86.9 cm³/mol. The highest BCUT2D eigenvalue weighted by Gasteiger charge is 2.19. The normalized spacial score (nSPS) is 12.6. The van der Waals surface area contributed by atoms with Gasteiger partial charge in [0, 0.05) is 26.6 Å². The first-order valence-electron chi connectivity index (χ1n) is 7.59. The van der Waals surface area contributed by atoms with Crippen molar-refractivity contribution >= 4 is 18.0 Å². The average molecular weight is 328 g/mol. The van der Waals surface area contributed by atoms with Gasteiger partial charge < -0.3 is 19.7 Å². The van der Waals surface area contributed by atoms with Crippen molar-refractivity contribution in [2.45, 2.75) is 52.2 Å². The first kappa shape index (κ1) is 20.9. The minimum atomic E-state index is -0.626. The first-order chi connectivity index (χ1) is 10.5. The Labute approximate surface area is 138 Å². The van der Waals surface area contributed by atoms with Gasteiger partial charge in [-0.2, -0.15) is 0 Å². The van der Waals surface area contributed by atoms with Crippen LogP contribution >= 0.6 is 0 Å². The van der Waals surface area contributed by atoms with E-state index in [1.807, 2.05) is 0 Å². The van der Waals surface area contributed by atoms with Crippen LogP contribution in [0, 0.1) is 0 Å². The summed E-state index contributed by atoms with van der Waals surface area (Å²) in [5.74, 6) is -0.562. The molecule has 2 amide bonds. The summed E-state index contributed by atoms with van der Waals surface area (Å²) in [4.78, 5) is 36.4. The van der Waals surface area contributed by atoms with Crippen LogP contribution in [-0.4, -0.2) is 55.2 Å². The summed E-state index contributed by atoms with van der Waals surface area (Å²) >= 11 is 0. The van der Waals surface area contributed by atoms with E-state index >= 15 is 0 Å². The highest BCUT2D eigenvalue weighted by Crippen LogP contribution is 2.08. The first-order valence-corrected chi connectivity index (χ1v) is 7.59. The minimum Gasteiger partial charge on any atom is -0.463 e. The zero-order valence-electron chi connectivity index (χ0n) is 14.8. The van der Waals surface area contributed by atoms with E-state index in [4.69, 9.17) is 9.47 Å². The topological polar surface area (TPSA) is 84.9 Å². The molecule has 0 aliphatic carbocycles. The van der Waals surface area contributed by atoms with E-state index in [0.29, 0.717) is 6.42 Å². The van der Waals surface area contributed by atoms with Gasteiger partial charge in [-0.15, -0.1) is 0 Å². The number of nitrogens with one attached hydrogen (secondary N) is 1. The summed E-state index contributed by atoms with van der Waals surface area (Å²) in [6.45, 7) is 7.24. The molecule has 0 saturated heterocycles. The lowest BCUT2D eigenvalue weighted by molar-refractivity contribution is -0.137. The molecule has 0 heterocycles. The van der Waals surface area contributed by atoms with Gasteiger partial charge in [-0.25, -0.2) is 9.59 Å². The van der Waals surface area contributed by atoms with Crippen molar-refractivity contribution in [2.24, 2.45) is 0 Å². The van der Waals surface area contributed by atoms with E-state index in [2.05, 4.69) is 5.32 Å². The maximum absolute atomic E-state index is 11.8. The molecule has 7 nitrogen and oxygen atoms in total. The molecule has 0 aliphatic rings. The SMILES string of the molecule is CCOC(=O)/C=C/[C@H](CCC(=O)N(C)C)NC(=O)OC(C)(C)C. The van der Waals surface area contributed by atoms with Gasteiger partial charge in [-0.05, 0) is 34.1 Å². The van der Waals surface area contributed by atoms with Crippen LogP contribution in [0.25, 0.3) is 0 Å². The van der Waals surface area contributed by atoms with Crippen molar-refractivity contribution in [1.82, 2.24) is 10.2 Å². The molecule has 0 radical (unpaired) electrons. The molecule has 0 spiro atoms. The second-order valence-corrected chi connectivity index (χ2v) is 6.19. The summed E-state index contributed by atoms with van der Waals surface area (Å²) in [7, 11) is 3.32. The summed E-state index contributed by atoms with van der Waals surface area (Å²) < 4.78 is 9.98. The second kappa shape index (κ2) is 9.86. The largest absolute Gasteiger partial charge is 0.463 e. The molecule has 1 atom stereocenters. The standard InChI is InChI=1S/C16H28N2O5/c1-7-22-14(20)11-9-12(8-10-13(19)18(5)6)17-15(21)23-16(2,3)4/h9,11-12H,7-8,10H2,1-6H3,(H,17,21)/b11-9+/t12-/m0/s1. The Kier molecular flexibility index (Phi) is 8.98. The van der Waals surface area contributed by atoms with Crippen molar-refractivity contribution in [2.75, 3.05) is 20.7 Å². The van der Waals surface area contributed by atoms with Gasteiger partial charge in [0.2, 0.25) is 5.91 Å². The summed E-state index contributed by atoms with van der Waals surface area (Å²) in [5, 5.41) is 2.64. The summed E-state index contributed by atoms with van der Waals surface area (Å²) in [6, 6.07) is -0.502. The molecular weight excluding hydrogens is 300 g/mol. The molecule has 0 aromatic rings. The fourth-order valence-corrected chi connectivity index (χ4v) is 1.56. The Morgan fingerprint density at radius 2 is 1.83 bits per heavy atom. The lowest BCUT2D eigenvalue weighted by Gasteiger charge is -2.22. The monoisotopic (exact) mass is 328 g/mol. The maximum Gasteiger partial charge on any atom is 0.408 e.